The molecule has 1 N–H and O–H groups in total. The quantitative estimate of drug-likeness (QED) is 0.184. The summed E-state index contributed by atoms with van der Waals surface area (Å²) in [5, 5.41) is 3.17. The summed E-state index contributed by atoms with van der Waals surface area (Å²) in [5.74, 6) is -1.47. The highest BCUT2D eigenvalue weighted by atomic mass is 32.2. The molecule has 1 atom stereocenters. The number of hydrogen-bond acceptors (Lipinski definition) is 4. The number of nitrogens with zero attached hydrogens (tertiary/aromatic N) is 2. The molecule has 1 aliphatic rings. The highest BCUT2D eigenvalue weighted by Crippen LogP contribution is 2.26. The van der Waals surface area contributed by atoms with Crippen molar-refractivity contribution in [1.82, 2.24) is 10.2 Å². The van der Waals surface area contributed by atoms with Crippen LogP contribution in [0.15, 0.2) is 108 Å². The lowest BCUT2D eigenvalue weighted by atomic mass is 9.94. The van der Waals surface area contributed by atoms with Gasteiger partial charge in [-0.25, -0.2) is 12.8 Å². The fraction of sp³-hybridized carbons (Fsp3) is 0.316. The first-order valence-electron chi connectivity index (χ1n) is 16.1. The minimum absolute atomic E-state index is 0.0223. The van der Waals surface area contributed by atoms with Crippen LogP contribution >= 0.6 is 0 Å². The molecule has 7 nitrogen and oxygen atoms in total. The largest absolute Gasteiger partial charge is 0.352 e. The Bertz CT molecular complexity index is 1760. The topological polar surface area (TPSA) is 86.8 Å². The summed E-state index contributed by atoms with van der Waals surface area (Å²) in [7, 11) is -4.21. The number of carbonyl (C=O) groups is 2. The van der Waals surface area contributed by atoms with Crippen molar-refractivity contribution < 1.29 is 22.4 Å². The molecule has 1 unspecified atom stereocenters. The summed E-state index contributed by atoms with van der Waals surface area (Å²) in [6, 6.07) is 27.8. The standard InChI is InChI=1S/C38H42FN3O4S/c1-28-17-21-33(22-18-28)42(47(45,46)34-23-19-29(2)20-24-34)27-37(43)41(26-31-13-9-10-16-35(31)39)36(25-30-11-5-3-6-12-30)38(44)40-32-14-7-4-8-15-32/h3,5-6,9-13,16-24,32,36H,4,7-8,14-15,25-27H2,1-2H3,(H,40,44). The molecule has 0 aromatic heterocycles. The third kappa shape index (κ3) is 8.65. The molecular formula is C38H42FN3O4S. The second-order valence-corrected chi connectivity index (χ2v) is 14.2. The lowest BCUT2D eigenvalue weighted by molar-refractivity contribution is -0.140. The van der Waals surface area contributed by atoms with E-state index in [0.29, 0.717) is 5.69 Å². The van der Waals surface area contributed by atoms with Gasteiger partial charge in [-0.05, 0) is 62.6 Å². The Kier molecular flexibility index (Phi) is 11.1. The van der Waals surface area contributed by atoms with Crippen LogP contribution in [0.25, 0.3) is 0 Å². The normalized spacial score (nSPS) is 14.3. The van der Waals surface area contributed by atoms with Crippen molar-refractivity contribution in [3.8, 4) is 0 Å². The van der Waals surface area contributed by atoms with E-state index in [1.807, 2.05) is 44.2 Å². The lowest BCUT2D eigenvalue weighted by Crippen LogP contribution is -2.55. The number of aryl methyl sites for hydroxylation is 2. The number of hydrogen-bond donors (Lipinski definition) is 1. The van der Waals surface area contributed by atoms with Gasteiger partial charge in [0.2, 0.25) is 11.8 Å². The van der Waals surface area contributed by atoms with Gasteiger partial charge in [-0.1, -0.05) is 103 Å². The number of nitrogens with one attached hydrogen (secondary N) is 1. The highest BCUT2D eigenvalue weighted by molar-refractivity contribution is 7.92. The zero-order valence-corrected chi connectivity index (χ0v) is 27.8. The van der Waals surface area contributed by atoms with Gasteiger partial charge in [0.05, 0.1) is 10.6 Å². The van der Waals surface area contributed by atoms with E-state index in [2.05, 4.69) is 5.32 Å². The van der Waals surface area contributed by atoms with Crippen molar-refractivity contribution in [2.45, 2.75) is 75.9 Å². The first kappa shape index (κ1) is 33.9. The summed E-state index contributed by atoms with van der Waals surface area (Å²) in [6.07, 6.45) is 5.00. The summed E-state index contributed by atoms with van der Waals surface area (Å²) >= 11 is 0. The number of carbonyl (C=O) groups excluding carboxylic acids is 2. The van der Waals surface area contributed by atoms with Gasteiger partial charge < -0.3 is 10.2 Å². The molecule has 2 amide bonds. The van der Waals surface area contributed by atoms with Crippen LogP contribution in [-0.2, 0) is 32.6 Å². The molecule has 1 saturated carbocycles. The molecule has 4 aromatic rings. The SMILES string of the molecule is Cc1ccc(N(CC(=O)N(Cc2ccccc2F)C(Cc2ccccc2)C(=O)NC2CCCCC2)S(=O)(=O)c2ccc(C)cc2)cc1. The van der Waals surface area contributed by atoms with Gasteiger partial charge in [-0.15, -0.1) is 0 Å². The molecule has 0 aliphatic heterocycles. The average molecular weight is 656 g/mol. The predicted octanol–water partition coefficient (Wildman–Crippen LogP) is 6.73. The van der Waals surface area contributed by atoms with E-state index in [1.54, 1.807) is 54.6 Å². The monoisotopic (exact) mass is 655 g/mol. The number of rotatable bonds is 12. The van der Waals surface area contributed by atoms with Crippen molar-refractivity contribution in [2.75, 3.05) is 10.8 Å². The van der Waals surface area contributed by atoms with Crippen LogP contribution in [0.1, 0.15) is 54.4 Å². The Labute approximate surface area is 277 Å². The minimum Gasteiger partial charge on any atom is -0.352 e. The lowest BCUT2D eigenvalue weighted by Gasteiger charge is -2.35. The molecule has 0 saturated heterocycles. The van der Waals surface area contributed by atoms with E-state index < -0.39 is 34.3 Å². The number of sulfonamides is 1. The number of halogens is 1. The first-order chi connectivity index (χ1) is 22.6. The van der Waals surface area contributed by atoms with Crippen LogP contribution in [0.3, 0.4) is 0 Å². The third-order valence-electron chi connectivity index (χ3n) is 8.73. The molecule has 0 radical (unpaired) electrons. The molecule has 1 aliphatic carbocycles. The van der Waals surface area contributed by atoms with Crippen molar-refractivity contribution in [3.05, 3.63) is 131 Å². The van der Waals surface area contributed by atoms with Crippen LogP contribution in [0, 0.1) is 19.7 Å². The summed E-state index contributed by atoms with van der Waals surface area (Å²) < 4.78 is 44.6. The number of anilines is 1. The van der Waals surface area contributed by atoms with Crippen molar-refractivity contribution in [2.24, 2.45) is 0 Å². The maximum atomic E-state index is 15.1. The van der Waals surface area contributed by atoms with Crippen LogP contribution in [0.4, 0.5) is 10.1 Å². The zero-order valence-electron chi connectivity index (χ0n) is 26.9. The van der Waals surface area contributed by atoms with Crippen LogP contribution in [0.5, 0.6) is 0 Å². The van der Waals surface area contributed by atoms with Crippen LogP contribution in [-0.4, -0.2) is 43.8 Å². The van der Waals surface area contributed by atoms with Crippen molar-refractivity contribution in [1.29, 1.82) is 0 Å². The average Bonchev–Trinajstić information content (AvgIpc) is 3.07. The van der Waals surface area contributed by atoms with Gasteiger partial charge in [-0.3, -0.25) is 13.9 Å². The molecule has 5 rings (SSSR count). The Morgan fingerprint density at radius 2 is 1.40 bits per heavy atom. The molecule has 246 valence electrons. The van der Waals surface area contributed by atoms with E-state index in [-0.39, 0.29) is 35.4 Å². The molecule has 9 heteroatoms. The van der Waals surface area contributed by atoms with Crippen molar-refractivity contribution in [3.63, 3.8) is 0 Å². The van der Waals surface area contributed by atoms with Gasteiger partial charge >= 0.3 is 0 Å². The first-order valence-corrected chi connectivity index (χ1v) is 17.6. The molecule has 1 fully saturated rings. The Morgan fingerprint density at radius 1 is 0.809 bits per heavy atom. The zero-order chi connectivity index (χ0) is 33.4. The number of amides is 2. The third-order valence-corrected chi connectivity index (χ3v) is 10.5. The molecule has 0 heterocycles. The van der Waals surface area contributed by atoms with E-state index in [4.69, 9.17) is 0 Å². The highest BCUT2D eigenvalue weighted by Gasteiger charge is 2.35. The molecule has 0 spiro atoms. The maximum Gasteiger partial charge on any atom is 0.264 e. The van der Waals surface area contributed by atoms with E-state index in [1.165, 1.54) is 23.1 Å². The van der Waals surface area contributed by atoms with E-state index >= 15 is 4.39 Å². The number of benzene rings is 4. The van der Waals surface area contributed by atoms with E-state index in [9.17, 15) is 18.0 Å². The molecular weight excluding hydrogens is 614 g/mol. The van der Waals surface area contributed by atoms with Gasteiger partial charge in [0, 0.05) is 24.6 Å². The smallest absolute Gasteiger partial charge is 0.264 e. The minimum atomic E-state index is -4.21. The summed E-state index contributed by atoms with van der Waals surface area (Å²) in [5.41, 5.74) is 3.18. The second-order valence-electron chi connectivity index (χ2n) is 12.3. The maximum absolute atomic E-state index is 15.1. The van der Waals surface area contributed by atoms with Crippen LogP contribution < -0.4 is 9.62 Å². The van der Waals surface area contributed by atoms with Gasteiger partial charge in [-0.2, -0.15) is 0 Å². The van der Waals surface area contributed by atoms with Gasteiger partial charge in [0.15, 0.2) is 0 Å². The summed E-state index contributed by atoms with van der Waals surface area (Å²) in [4.78, 5) is 30.1. The van der Waals surface area contributed by atoms with Crippen LogP contribution in [0.2, 0.25) is 0 Å². The molecule has 0 bridgehead atoms. The Morgan fingerprint density at radius 3 is 2.04 bits per heavy atom. The fourth-order valence-electron chi connectivity index (χ4n) is 5.99. The summed E-state index contributed by atoms with van der Waals surface area (Å²) in [6.45, 7) is 2.95. The van der Waals surface area contributed by atoms with Crippen molar-refractivity contribution >= 4 is 27.5 Å². The molecule has 4 aromatic carbocycles. The second kappa shape index (κ2) is 15.4. The molecule has 47 heavy (non-hydrogen) atoms. The Hall–Kier alpha value is -4.50. The predicted molar refractivity (Wildman–Crippen MR) is 183 cm³/mol. The Balaban J connectivity index is 1.56. The van der Waals surface area contributed by atoms with Gasteiger partial charge in [0.1, 0.15) is 18.4 Å². The fourth-order valence-corrected chi connectivity index (χ4v) is 7.40. The van der Waals surface area contributed by atoms with Gasteiger partial charge in [0.25, 0.3) is 10.0 Å². The van der Waals surface area contributed by atoms with E-state index in [0.717, 1.165) is 53.1 Å².